The van der Waals surface area contributed by atoms with Crippen LogP contribution in [0.25, 0.3) is 0 Å². The number of ether oxygens (including phenoxy) is 1. The van der Waals surface area contributed by atoms with Crippen molar-refractivity contribution in [2.45, 2.75) is 13.8 Å². The summed E-state index contributed by atoms with van der Waals surface area (Å²) < 4.78 is 5.16. The number of nitrogens with one attached hydrogen (secondary N) is 1. The quantitative estimate of drug-likeness (QED) is 0.576. The molecule has 0 aliphatic rings. The van der Waals surface area contributed by atoms with E-state index in [1.54, 1.807) is 7.05 Å². The van der Waals surface area contributed by atoms with Crippen LogP contribution in [-0.4, -0.2) is 32.1 Å². The maximum Gasteiger partial charge on any atom is 0.412 e. The van der Waals surface area contributed by atoms with Crippen LogP contribution in [0, 0.1) is 0 Å². The van der Waals surface area contributed by atoms with Gasteiger partial charge in [-0.3, -0.25) is 0 Å². The normalized spacial score (nSPS) is 10.4. The van der Waals surface area contributed by atoms with Gasteiger partial charge in [0.25, 0.3) is 0 Å². The summed E-state index contributed by atoms with van der Waals surface area (Å²) in [5.74, 6) is 0.620. The summed E-state index contributed by atoms with van der Waals surface area (Å²) in [6.07, 6.45) is 1.93. The summed E-state index contributed by atoms with van der Waals surface area (Å²) in [6.45, 7) is 6.79. The molecule has 18 heavy (non-hydrogen) atoms. The van der Waals surface area contributed by atoms with Crippen molar-refractivity contribution in [1.82, 2.24) is 5.32 Å². The molecule has 102 valence electrons. The molecule has 0 aromatic heterocycles. The third-order valence-corrected chi connectivity index (χ3v) is 7.57. The highest BCUT2D eigenvalue weighted by molar-refractivity contribution is 7.82. The van der Waals surface area contributed by atoms with E-state index in [0.29, 0.717) is 5.75 Å². The largest absolute Gasteiger partial charge is 1.00 e. The number of carbonyl (C=O) groups excluding carboxylic acids is 1. The molecule has 0 saturated carbocycles. The Labute approximate surface area is 127 Å². The number of amides is 1. The predicted octanol–water partition coefficient (Wildman–Crippen LogP) is -0.279. The van der Waals surface area contributed by atoms with Crippen LogP contribution in [0.2, 0.25) is 0 Å². The number of hydrogen-bond donors (Lipinski definition) is 1. The van der Waals surface area contributed by atoms with Gasteiger partial charge in [-0.15, -0.1) is 0 Å². The molecule has 1 aromatic carbocycles. The summed E-state index contributed by atoms with van der Waals surface area (Å²) in [6, 6.07) is 7.90. The van der Waals surface area contributed by atoms with Crippen molar-refractivity contribution < 1.29 is 33.5 Å². The van der Waals surface area contributed by atoms with Gasteiger partial charge in [-0.2, -0.15) is 0 Å². The Hall–Kier alpha value is -0.350. The van der Waals surface area contributed by atoms with E-state index >= 15 is 0 Å². The zero-order valence-electron chi connectivity index (χ0n) is 11.4. The van der Waals surface area contributed by atoms with Gasteiger partial charge in [-0.1, -0.05) is 6.07 Å². The van der Waals surface area contributed by atoms with Gasteiger partial charge in [-0.25, -0.2) is 4.79 Å². The first kappa shape index (κ1) is 17.6. The molecule has 3 nitrogen and oxygen atoms in total. The molecule has 1 N–H and O–H groups in total. The van der Waals surface area contributed by atoms with Gasteiger partial charge < -0.3 is 34.0 Å². The Morgan fingerprint density at radius 3 is 2.44 bits per heavy atom. The first-order chi connectivity index (χ1) is 8.05. The first-order valence-corrected chi connectivity index (χ1v) is 8.51. The van der Waals surface area contributed by atoms with E-state index in [4.69, 9.17) is 4.74 Å². The lowest BCUT2D eigenvalue weighted by atomic mass is 10.3. The maximum absolute atomic E-state index is 11.2. The van der Waals surface area contributed by atoms with Gasteiger partial charge >= 0.3 is 6.09 Å². The Bertz CT molecular complexity index is 394. The van der Waals surface area contributed by atoms with Crippen molar-refractivity contribution in [3.8, 4) is 5.75 Å². The minimum Gasteiger partial charge on any atom is -1.00 e. The summed E-state index contributed by atoms with van der Waals surface area (Å²) in [5, 5.41) is 3.77. The predicted molar refractivity (Wildman–Crippen MR) is 75.1 cm³/mol. The standard InChI is InChI=1S/C13H20NO2P.HI/c1-5-17(4,6-2)12-9-7-8-11(10-12)16-13(15)14-3;/h7-10H,5-6H2,1-4H3;1H. The van der Waals surface area contributed by atoms with E-state index < -0.39 is 13.4 Å². The molecule has 0 spiro atoms. The number of halogens is 1. The minimum absolute atomic E-state index is 0. The molecule has 0 aliphatic heterocycles. The second-order valence-electron chi connectivity index (χ2n) is 4.17. The van der Waals surface area contributed by atoms with Crippen molar-refractivity contribution in [3.63, 3.8) is 0 Å². The summed E-state index contributed by atoms with van der Waals surface area (Å²) in [7, 11) is 0.483. The molecule has 0 saturated heterocycles. The van der Waals surface area contributed by atoms with Crippen molar-refractivity contribution in [3.05, 3.63) is 24.3 Å². The molecular weight excluding hydrogens is 360 g/mol. The van der Waals surface area contributed by atoms with Crippen LogP contribution >= 0.6 is 7.26 Å². The second kappa shape index (κ2) is 7.95. The lowest BCUT2D eigenvalue weighted by Gasteiger charge is -2.20. The van der Waals surface area contributed by atoms with Crippen molar-refractivity contribution >= 4 is 18.7 Å². The van der Waals surface area contributed by atoms with Crippen LogP contribution in [0.3, 0.4) is 0 Å². The minimum atomic E-state index is -1.07. The maximum atomic E-state index is 11.2. The first-order valence-electron chi connectivity index (χ1n) is 5.90. The van der Waals surface area contributed by atoms with E-state index in [2.05, 4.69) is 31.9 Å². The van der Waals surface area contributed by atoms with Gasteiger partial charge in [0.15, 0.2) is 0 Å². The molecule has 1 rings (SSSR count). The van der Waals surface area contributed by atoms with Crippen LogP contribution in [0.5, 0.6) is 5.75 Å². The van der Waals surface area contributed by atoms with E-state index in [1.165, 1.54) is 17.6 Å². The van der Waals surface area contributed by atoms with E-state index in [0.717, 1.165) is 0 Å². The Kier molecular flexibility index (Phi) is 7.79. The summed E-state index contributed by atoms with van der Waals surface area (Å²) in [4.78, 5) is 11.2. The molecule has 5 heteroatoms. The average molecular weight is 381 g/mol. The van der Waals surface area contributed by atoms with Crippen LogP contribution < -0.4 is 39.3 Å². The zero-order chi connectivity index (χ0) is 12.9. The lowest BCUT2D eigenvalue weighted by Crippen LogP contribution is -3.00. The van der Waals surface area contributed by atoms with Gasteiger partial charge in [0.05, 0.1) is 24.3 Å². The highest BCUT2D eigenvalue weighted by Crippen LogP contribution is 2.53. The van der Waals surface area contributed by atoms with Crippen molar-refractivity contribution in [1.29, 1.82) is 0 Å². The van der Waals surface area contributed by atoms with Gasteiger partial charge in [-0.05, 0) is 26.0 Å². The van der Waals surface area contributed by atoms with Crippen molar-refractivity contribution in [2.24, 2.45) is 0 Å². The van der Waals surface area contributed by atoms with Crippen LogP contribution in [-0.2, 0) is 0 Å². The third-order valence-electron chi connectivity index (χ3n) is 3.25. The van der Waals surface area contributed by atoms with Crippen LogP contribution in [0.15, 0.2) is 24.3 Å². The molecule has 0 radical (unpaired) electrons. The highest BCUT2D eigenvalue weighted by atomic mass is 127. The molecule has 1 amide bonds. The Morgan fingerprint density at radius 1 is 1.33 bits per heavy atom. The fourth-order valence-electron chi connectivity index (χ4n) is 1.63. The lowest BCUT2D eigenvalue weighted by molar-refractivity contribution is -0.00000866. The SMILES string of the molecule is CC[P+](C)(CC)c1cccc(OC(=O)NC)c1.[I-]. The summed E-state index contributed by atoms with van der Waals surface area (Å²) in [5.41, 5.74) is 0. The molecular formula is C13H21INO2P. The van der Waals surface area contributed by atoms with Crippen LogP contribution in [0.1, 0.15) is 13.8 Å². The number of hydrogen-bond acceptors (Lipinski definition) is 2. The molecule has 0 atom stereocenters. The highest BCUT2D eigenvalue weighted by Gasteiger charge is 2.30. The van der Waals surface area contributed by atoms with Gasteiger partial charge in [0, 0.05) is 20.4 Å². The number of carbonyl (C=O) groups is 1. The van der Waals surface area contributed by atoms with Crippen LogP contribution in [0.4, 0.5) is 4.79 Å². The fraction of sp³-hybridized carbons (Fsp3) is 0.462. The molecule has 0 heterocycles. The van der Waals surface area contributed by atoms with E-state index in [1.807, 2.05) is 18.2 Å². The molecule has 0 bridgehead atoms. The van der Waals surface area contributed by atoms with Gasteiger partial charge in [0.1, 0.15) is 5.75 Å². The molecule has 1 aromatic rings. The average Bonchev–Trinajstić information content (AvgIpc) is 2.38. The number of benzene rings is 1. The fourth-order valence-corrected chi connectivity index (χ4v) is 3.69. The van der Waals surface area contributed by atoms with Gasteiger partial charge in [0.2, 0.25) is 0 Å². The topological polar surface area (TPSA) is 38.3 Å². The smallest absolute Gasteiger partial charge is 0.412 e. The van der Waals surface area contributed by atoms with E-state index in [-0.39, 0.29) is 24.0 Å². The monoisotopic (exact) mass is 381 g/mol. The molecule has 0 fully saturated rings. The zero-order valence-corrected chi connectivity index (χ0v) is 14.4. The van der Waals surface area contributed by atoms with E-state index in [9.17, 15) is 4.79 Å². The summed E-state index contributed by atoms with van der Waals surface area (Å²) >= 11 is 0. The Balaban J connectivity index is 0.00000289. The second-order valence-corrected chi connectivity index (χ2v) is 8.74. The third kappa shape index (κ3) is 4.39. The molecule has 0 aliphatic carbocycles. The number of rotatable bonds is 4. The Morgan fingerprint density at radius 2 is 1.94 bits per heavy atom. The van der Waals surface area contributed by atoms with Crippen molar-refractivity contribution in [2.75, 3.05) is 26.0 Å². The molecule has 0 unspecified atom stereocenters.